The van der Waals surface area contributed by atoms with Gasteiger partial charge in [0.2, 0.25) is 0 Å². The molecule has 1 aromatic rings. The summed E-state index contributed by atoms with van der Waals surface area (Å²) >= 11 is 0. The second-order valence-electron chi connectivity index (χ2n) is 9.11. The largest absolute Gasteiger partial charge is 0.381 e. The van der Waals surface area contributed by atoms with Crippen LogP contribution in [0.3, 0.4) is 0 Å². The summed E-state index contributed by atoms with van der Waals surface area (Å²) in [4.78, 5) is 9.72. The minimum atomic E-state index is 0. The molecule has 0 aromatic heterocycles. The van der Waals surface area contributed by atoms with Crippen LogP contribution in [0.25, 0.3) is 0 Å². The van der Waals surface area contributed by atoms with Crippen LogP contribution in [0.15, 0.2) is 29.3 Å². The normalized spacial score (nSPS) is 22.8. The first-order valence-electron chi connectivity index (χ1n) is 11.9. The van der Waals surface area contributed by atoms with Gasteiger partial charge in [0.1, 0.15) is 0 Å². The van der Waals surface area contributed by atoms with Gasteiger partial charge in [-0.15, -0.1) is 24.0 Å². The van der Waals surface area contributed by atoms with Crippen molar-refractivity contribution in [2.24, 2.45) is 4.99 Å². The summed E-state index contributed by atoms with van der Waals surface area (Å²) in [5.41, 5.74) is 2.85. The number of nitrogens with zero attached hydrogens (tertiary/aromatic N) is 3. The first kappa shape index (κ1) is 24.6. The fraction of sp³-hybridized carbons (Fsp3) is 0.708. The Labute approximate surface area is 205 Å². The van der Waals surface area contributed by atoms with Crippen molar-refractivity contribution in [3.63, 3.8) is 0 Å². The molecule has 3 heterocycles. The third kappa shape index (κ3) is 6.05. The number of benzene rings is 1. The van der Waals surface area contributed by atoms with Crippen LogP contribution in [0.1, 0.15) is 57.1 Å². The Kier molecular flexibility index (Phi) is 9.28. The molecule has 1 aromatic carbocycles. The Morgan fingerprint density at radius 1 is 1.10 bits per heavy atom. The minimum absolute atomic E-state index is 0. The highest BCUT2D eigenvalue weighted by molar-refractivity contribution is 14.0. The van der Waals surface area contributed by atoms with E-state index in [0.717, 1.165) is 38.6 Å². The monoisotopic (exact) mass is 541 g/mol. The number of likely N-dealkylation sites (tertiary alicyclic amines) is 1. The molecule has 0 bridgehead atoms. The molecular weight excluding hydrogens is 501 g/mol. The van der Waals surface area contributed by atoms with Crippen LogP contribution in [-0.4, -0.2) is 69.4 Å². The molecule has 4 rings (SSSR count). The summed E-state index contributed by atoms with van der Waals surface area (Å²) < 4.78 is 5.69. The quantitative estimate of drug-likeness (QED) is 0.326. The molecule has 3 fully saturated rings. The van der Waals surface area contributed by atoms with Crippen molar-refractivity contribution in [1.29, 1.82) is 0 Å². The highest BCUT2D eigenvalue weighted by Gasteiger charge is 2.39. The number of anilines is 1. The average molecular weight is 542 g/mol. The predicted molar refractivity (Wildman–Crippen MR) is 140 cm³/mol. The van der Waals surface area contributed by atoms with Crippen molar-refractivity contribution in [3.05, 3.63) is 29.8 Å². The SMILES string of the molecule is CN=C(NCC1(N2CCCC2)CCOCC1)NC(C)c1cccc(N2CCCC2)c1.I. The molecule has 31 heavy (non-hydrogen) atoms. The van der Waals surface area contributed by atoms with E-state index in [1.165, 1.54) is 63.1 Å². The third-order valence-electron chi connectivity index (χ3n) is 7.20. The molecule has 1 atom stereocenters. The van der Waals surface area contributed by atoms with E-state index in [1.807, 2.05) is 7.05 Å². The van der Waals surface area contributed by atoms with Crippen LogP contribution in [0.2, 0.25) is 0 Å². The number of ether oxygens (including phenoxy) is 1. The van der Waals surface area contributed by atoms with E-state index >= 15 is 0 Å². The smallest absolute Gasteiger partial charge is 0.191 e. The molecule has 1 unspecified atom stereocenters. The van der Waals surface area contributed by atoms with Gasteiger partial charge >= 0.3 is 0 Å². The van der Waals surface area contributed by atoms with Gasteiger partial charge in [0.15, 0.2) is 5.96 Å². The zero-order valence-corrected chi connectivity index (χ0v) is 21.6. The number of aliphatic imine (C=N–C) groups is 1. The van der Waals surface area contributed by atoms with Gasteiger partial charge in [-0.05, 0) is 76.2 Å². The lowest BCUT2D eigenvalue weighted by Gasteiger charge is -2.45. The summed E-state index contributed by atoms with van der Waals surface area (Å²) in [5, 5.41) is 7.28. The van der Waals surface area contributed by atoms with Crippen molar-refractivity contribution in [1.82, 2.24) is 15.5 Å². The Morgan fingerprint density at radius 3 is 2.45 bits per heavy atom. The van der Waals surface area contributed by atoms with Gasteiger partial charge in [0, 0.05) is 51.1 Å². The van der Waals surface area contributed by atoms with Gasteiger partial charge in [-0.1, -0.05) is 12.1 Å². The highest BCUT2D eigenvalue weighted by Crippen LogP contribution is 2.31. The number of hydrogen-bond donors (Lipinski definition) is 2. The molecule has 0 spiro atoms. The minimum Gasteiger partial charge on any atom is -0.381 e. The first-order chi connectivity index (χ1) is 14.7. The van der Waals surface area contributed by atoms with E-state index in [0.29, 0.717) is 0 Å². The lowest BCUT2D eigenvalue weighted by Crippen LogP contribution is -2.58. The second-order valence-corrected chi connectivity index (χ2v) is 9.11. The van der Waals surface area contributed by atoms with Crippen LogP contribution < -0.4 is 15.5 Å². The number of rotatable bonds is 6. The van der Waals surface area contributed by atoms with Crippen molar-refractivity contribution in [2.45, 2.75) is 57.0 Å². The topological polar surface area (TPSA) is 52.1 Å². The van der Waals surface area contributed by atoms with Crippen molar-refractivity contribution in [3.8, 4) is 0 Å². The van der Waals surface area contributed by atoms with Gasteiger partial charge in [-0.25, -0.2) is 0 Å². The number of guanidine groups is 1. The Morgan fingerprint density at radius 2 is 1.77 bits per heavy atom. The van der Waals surface area contributed by atoms with Crippen LogP contribution in [0, 0.1) is 0 Å². The van der Waals surface area contributed by atoms with E-state index in [-0.39, 0.29) is 35.6 Å². The molecule has 0 saturated carbocycles. The summed E-state index contributed by atoms with van der Waals surface area (Å²) in [6, 6.07) is 9.17. The van der Waals surface area contributed by atoms with Gasteiger partial charge < -0.3 is 20.3 Å². The summed E-state index contributed by atoms with van der Waals surface area (Å²) in [6.45, 7) is 9.67. The average Bonchev–Trinajstić information content (AvgIpc) is 3.52. The Hall–Kier alpha value is -1.06. The van der Waals surface area contributed by atoms with E-state index in [2.05, 4.69) is 56.6 Å². The molecule has 2 N–H and O–H groups in total. The van der Waals surface area contributed by atoms with Crippen LogP contribution in [0.5, 0.6) is 0 Å². The van der Waals surface area contributed by atoms with Gasteiger partial charge in [0.25, 0.3) is 0 Å². The van der Waals surface area contributed by atoms with Gasteiger partial charge in [-0.2, -0.15) is 0 Å². The Balaban J connectivity index is 0.00000272. The third-order valence-corrected chi connectivity index (χ3v) is 7.20. The lowest BCUT2D eigenvalue weighted by molar-refractivity contribution is -0.0164. The zero-order valence-electron chi connectivity index (χ0n) is 19.2. The molecule has 0 radical (unpaired) electrons. The van der Waals surface area contributed by atoms with E-state index in [9.17, 15) is 0 Å². The molecule has 174 valence electrons. The maximum absolute atomic E-state index is 5.69. The van der Waals surface area contributed by atoms with Crippen molar-refractivity contribution in [2.75, 3.05) is 57.9 Å². The van der Waals surface area contributed by atoms with Crippen molar-refractivity contribution < 1.29 is 4.74 Å². The summed E-state index contributed by atoms with van der Waals surface area (Å²) in [6.07, 6.45) is 7.45. The number of halogens is 1. The summed E-state index contributed by atoms with van der Waals surface area (Å²) in [5.74, 6) is 0.888. The number of nitrogens with one attached hydrogen (secondary N) is 2. The van der Waals surface area contributed by atoms with Crippen LogP contribution >= 0.6 is 24.0 Å². The van der Waals surface area contributed by atoms with Gasteiger partial charge in [0.05, 0.1) is 6.04 Å². The Bertz CT molecular complexity index is 710. The fourth-order valence-electron chi connectivity index (χ4n) is 5.25. The molecule has 7 heteroatoms. The first-order valence-corrected chi connectivity index (χ1v) is 11.9. The molecule has 6 nitrogen and oxygen atoms in total. The number of hydrogen-bond acceptors (Lipinski definition) is 4. The zero-order chi connectivity index (χ0) is 20.8. The standard InChI is InChI=1S/C24H39N5O.HI/c1-20(21-8-7-9-22(18-21)28-12-3-4-13-28)27-23(25-2)26-19-24(10-16-30-17-11-24)29-14-5-6-15-29;/h7-9,18,20H,3-6,10-17,19H2,1-2H3,(H2,25,26,27);1H. The molecule has 0 amide bonds. The molecule has 3 aliphatic rings. The van der Waals surface area contributed by atoms with E-state index < -0.39 is 0 Å². The second kappa shape index (κ2) is 11.7. The predicted octanol–water partition coefficient (Wildman–Crippen LogP) is 3.78. The lowest BCUT2D eigenvalue weighted by atomic mass is 9.88. The fourth-order valence-corrected chi connectivity index (χ4v) is 5.25. The molecule has 3 saturated heterocycles. The summed E-state index contributed by atoms with van der Waals surface area (Å²) in [7, 11) is 1.87. The van der Waals surface area contributed by atoms with Crippen LogP contribution in [0.4, 0.5) is 5.69 Å². The van der Waals surface area contributed by atoms with E-state index in [1.54, 1.807) is 0 Å². The maximum atomic E-state index is 5.69. The molecular formula is C24H40IN5O. The van der Waals surface area contributed by atoms with E-state index in [4.69, 9.17) is 4.74 Å². The highest BCUT2D eigenvalue weighted by atomic mass is 127. The molecule has 3 aliphatic heterocycles. The maximum Gasteiger partial charge on any atom is 0.191 e. The van der Waals surface area contributed by atoms with Crippen molar-refractivity contribution >= 4 is 35.6 Å². The van der Waals surface area contributed by atoms with Crippen LogP contribution in [-0.2, 0) is 4.74 Å². The van der Waals surface area contributed by atoms with Gasteiger partial charge in [-0.3, -0.25) is 9.89 Å². The molecule has 0 aliphatic carbocycles.